The van der Waals surface area contributed by atoms with Gasteiger partial charge in [-0.2, -0.15) is 0 Å². The summed E-state index contributed by atoms with van der Waals surface area (Å²) in [4.78, 5) is 0. The largest absolute Gasteiger partial charge is 2.00 e. The Bertz CT molecular complexity index is 109. The van der Waals surface area contributed by atoms with E-state index < -0.39 is 34.2 Å². The zero-order chi connectivity index (χ0) is 8.57. The molecule has 0 N–H and O–H groups in total. The fourth-order valence-corrected chi connectivity index (χ4v) is 0. The molecule has 11 heavy (non-hydrogen) atoms. The molecule has 9 heteroatoms. The van der Waals surface area contributed by atoms with Gasteiger partial charge in [-0.05, 0) is 22.2 Å². The Kier molecular flexibility index (Phi) is 21.4. The number of rotatable bonds is 2. The van der Waals surface area contributed by atoms with Gasteiger partial charge in [0.05, 0.1) is 0 Å². The van der Waals surface area contributed by atoms with Crippen LogP contribution in [0.3, 0.4) is 0 Å². The van der Waals surface area contributed by atoms with E-state index in [1.54, 1.807) is 0 Å². The van der Waals surface area contributed by atoms with Gasteiger partial charge in [0.1, 0.15) is 0 Å². The zero-order valence-electron chi connectivity index (χ0n) is 5.33. The molecule has 2 atom stereocenters. The van der Waals surface area contributed by atoms with Crippen LogP contribution in [0.25, 0.3) is 0 Å². The summed E-state index contributed by atoms with van der Waals surface area (Å²) in [7, 11) is 0. The van der Waals surface area contributed by atoms with Crippen LogP contribution in [-0.2, 0) is 41.6 Å². The third-order valence-corrected chi connectivity index (χ3v) is 0.535. The summed E-state index contributed by atoms with van der Waals surface area (Å²) in [5.74, 6) is 0. The first-order chi connectivity index (χ1) is 4.54. The van der Waals surface area contributed by atoms with E-state index in [2.05, 4.69) is 0 Å². The van der Waals surface area contributed by atoms with Crippen LogP contribution in [0.15, 0.2) is 0 Å². The van der Waals surface area contributed by atoms with Crippen molar-refractivity contribution in [2.75, 3.05) is 12.0 Å². The Morgan fingerprint density at radius 2 is 1.09 bits per heavy atom. The smallest absolute Gasteiger partial charge is 0.770 e. The molecule has 0 saturated carbocycles. The summed E-state index contributed by atoms with van der Waals surface area (Å²) < 4.78 is 57.0. The summed E-state index contributed by atoms with van der Waals surface area (Å²) in [6, 6.07) is -2.56. The Morgan fingerprint density at radius 1 is 1.00 bits per heavy atom. The third kappa shape index (κ3) is 36.7. The first kappa shape index (κ1) is 17.7. The predicted molar refractivity (Wildman–Crippen MR) is 29.8 cm³/mol. The van der Waals surface area contributed by atoms with Crippen LogP contribution >= 0.6 is 0 Å². The van der Waals surface area contributed by atoms with E-state index >= 15 is 0 Å². The standard InChI is InChI=1S/2CH3FO2S.Zn/c2*2-1-5(3)4;/h2*1H2,(H,3,4);/q;;+2/p-2. The van der Waals surface area contributed by atoms with Crippen LogP contribution in [0.5, 0.6) is 0 Å². The fourth-order valence-electron chi connectivity index (χ4n) is 0. The second kappa shape index (κ2) is 13.3. The predicted octanol–water partition coefficient (Wildman–Crippen LogP) is -0.417. The number of hydrogen-bond donors (Lipinski definition) is 0. The molecule has 0 rings (SSSR count). The van der Waals surface area contributed by atoms with E-state index in [-0.39, 0.29) is 19.5 Å². The van der Waals surface area contributed by atoms with Crippen molar-refractivity contribution < 1.29 is 45.8 Å². The number of hydrogen-bond acceptors (Lipinski definition) is 4. The molecule has 0 aliphatic rings. The minimum atomic E-state index is -2.49. The van der Waals surface area contributed by atoms with Crippen LogP contribution in [0.1, 0.15) is 0 Å². The molecule has 0 amide bonds. The summed E-state index contributed by atoms with van der Waals surface area (Å²) in [5.41, 5.74) is 0. The molecular formula is C2H4F2O4S2Zn. The minimum Gasteiger partial charge on any atom is -0.770 e. The molecule has 0 heterocycles. The zero-order valence-corrected chi connectivity index (χ0v) is 9.93. The molecule has 64 valence electrons. The van der Waals surface area contributed by atoms with Gasteiger partial charge in [0.2, 0.25) is 0 Å². The molecule has 0 aliphatic carbocycles. The average molecular weight is 260 g/mol. The topological polar surface area (TPSA) is 80.3 Å². The number of halogens is 2. The molecule has 0 fully saturated rings. The quantitative estimate of drug-likeness (QED) is 0.498. The van der Waals surface area contributed by atoms with Crippen molar-refractivity contribution in [2.45, 2.75) is 0 Å². The summed E-state index contributed by atoms with van der Waals surface area (Å²) in [6.07, 6.45) is 0. The van der Waals surface area contributed by atoms with E-state index in [4.69, 9.17) is 17.5 Å². The molecule has 0 aromatic heterocycles. The molecule has 2 unspecified atom stereocenters. The second-order valence-corrected chi connectivity index (χ2v) is 2.48. The molecule has 0 aliphatic heterocycles. The van der Waals surface area contributed by atoms with Crippen LogP contribution in [-0.4, -0.2) is 29.5 Å². The van der Waals surface area contributed by atoms with Gasteiger partial charge >= 0.3 is 19.5 Å². The normalized spacial score (nSPS) is 13.5. The van der Waals surface area contributed by atoms with E-state index in [0.29, 0.717) is 0 Å². The minimum absolute atomic E-state index is 0. The molecule has 4 nitrogen and oxygen atoms in total. The van der Waals surface area contributed by atoms with E-state index in [1.165, 1.54) is 0 Å². The van der Waals surface area contributed by atoms with Gasteiger partial charge in [-0.1, -0.05) is 0 Å². The van der Waals surface area contributed by atoms with Crippen LogP contribution in [0, 0.1) is 0 Å². The van der Waals surface area contributed by atoms with Crippen LogP contribution < -0.4 is 0 Å². The molecule has 0 radical (unpaired) electrons. The molecule has 0 aromatic carbocycles. The van der Waals surface area contributed by atoms with Gasteiger partial charge in [0.25, 0.3) is 0 Å². The van der Waals surface area contributed by atoms with Crippen molar-refractivity contribution in [1.29, 1.82) is 0 Å². The van der Waals surface area contributed by atoms with Gasteiger partial charge in [0.15, 0.2) is 12.0 Å². The summed E-state index contributed by atoms with van der Waals surface area (Å²) in [6.45, 7) is 0. The fraction of sp³-hybridized carbons (Fsp3) is 1.00. The Hall–Kier alpha value is 0.703. The van der Waals surface area contributed by atoms with E-state index in [0.717, 1.165) is 0 Å². The van der Waals surface area contributed by atoms with Crippen molar-refractivity contribution in [2.24, 2.45) is 0 Å². The maximum Gasteiger partial charge on any atom is 2.00 e. The van der Waals surface area contributed by atoms with Gasteiger partial charge < -0.3 is 9.11 Å². The van der Waals surface area contributed by atoms with Gasteiger partial charge in [-0.3, -0.25) is 8.42 Å². The Labute approximate surface area is 80.1 Å². The molecule has 0 bridgehead atoms. The molecular weight excluding hydrogens is 256 g/mol. The van der Waals surface area contributed by atoms with Crippen molar-refractivity contribution >= 4 is 22.2 Å². The van der Waals surface area contributed by atoms with Crippen molar-refractivity contribution in [1.82, 2.24) is 0 Å². The Morgan fingerprint density at radius 3 is 1.09 bits per heavy atom. The molecule has 0 saturated heterocycles. The van der Waals surface area contributed by atoms with E-state index in [9.17, 15) is 8.78 Å². The summed E-state index contributed by atoms with van der Waals surface area (Å²) >= 11 is -4.98. The SMILES string of the molecule is O=S([O-])CF.O=S([O-])CF.[Zn+2]. The third-order valence-electron chi connectivity index (χ3n) is 0.178. The first-order valence-electron chi connectivity index (χ1n) is 1.78. The van der Waals surface area contributed by atoms with Gasteiger partial charge in [0, 0.05) is 0 Å². The van der Waals surface area contributed by atoms with Gasteiger partial charge in [-0.15, -0.1) is 0 Å². The Balaban J connectivity index is -0.000000107. The van der Waals surface area contributed by atoms with Crippen molar-refractivity contribution in [3.8, 4) is 0 Å². The van der Waals surface area contributed by atoms with Crippen molar-refractivity contribution in [3.05, 3.63) is 0 Å². The number of alkyl halides is 2. The maximum atomic E-state index is 10.5. The monoisotopic (exact) mass is 258 g/mol. The van der Waals surface area contributed by atoms with Gasteiger partial charge in [-0.25, -0.2) is 8.78 Å². The molecule has 0 spiro atoms. The van der Waals surface area contributed by atoms with E-state index in [1.807, 2.05) is 0 Å². The summed E-state index contributed by atoms with van der Waals surface area (Å²) in [5, 5.41) is 0. The maximum absolute atomic E-state index is 10.5. The average Bonchev–Trinajstić information content (AvgIpc) is 1.89. The molecule has 0 aromatic rings. The van der Waals surface area contributed by atoms with Crippen LogP contribution in [0.2, 0.25) is 0 Å². The van der Waals surface area contributed by atoms with Crippen LogP contribution in [0.4, 0.5) is 8.78 Å². The van der Waals surface area contributed by atoms with Crippen molar-refractivity contribution in [3.63, 3.8) is 0 Å². The first-order valence-corrected chi connectivity index (χ1v) is 4.27. The second-order valence-electron chi connectivity index (χ2n) is 0.826.